The fourth-order valence-electron chi connectivity index (χ4n) is 1.47. The van der Waals surface area contributed by atoms with Crippen molar-refractivity contribution in [2.24, 2.45) is 0 Å². The van der Waals surface area contributed by atoms with E-state index in [1.165, 1.54) is 11.8 Å². The monoisotopic (exact) mass is 245 g/mol. The molecular formula is C13H15N3O2. The van der Waals surface area contributed by atoms with Crippen molar-refractivity contribution in [1.29, 1.82) is 0 Å². The second kappa shape index (κ2) is 5.97. The zero-order valence-electron chi connectivity index (χ0n) is 10.2. The van der Waals surface area contributed by atoms with E-state index in [-0.39, 0.29) is 5.82 Å². The highest BCUT2D eigenvalue weighted by atomic mass is 16.5. The highest BCUT2D eigenvalue weighted by Gasteiger charge is 2.03. The Morgan fingerprint density at radius 3 is 2.50 bits per heavy atom. The Morgan fingerprint density at radius 2 is 1.83 bits per heavy atom. The van der Waals surface area contributed by atoms with Crippen LogP contribution in [0.5, 0.6) is 11.6 Å². The highest BCUT2D eigenvalue weighted by Crippen LogP contribution is 2.23. The summed E-state index contributed by atoms with van der Waals surface area (Å²) in [7, 11) is 1.69. The zero-order valence-corrected chi connectivity index (χ0v) is 10.2. The molecule has 5 nitrogen and oxygen atoms in total. The lowest BCUT2D eigenvalue weighted by molar-refractivity contribution is 0.202. The van der Waals surface area contributed by atoms with E-state index >= 15 is 0 Å². The van der Waals surface area contributed by atoms with Gasteiger partial charge in [-0.15, -0.1) is 0 Å². The predicted octanol–water partition coefficient (Wildman–Crippen LogP) is 2.04. The normalized spacial score (nSPS) is 10.3. The van der Waals surface area contributed by atoms with Crippen LogP contribution in [-0.4, -0.2) is 23.7 Å². The first kappa shape index (κ1) is 12.3. The second-order valence-electron chi connectivity index (χ2n) is 3.74. The SMILES string of the molecule is COCCc1ccc(Oc2nccnc2N)cc1. The van der Waals surface area contributed by atoms with Gasteiger partial charge in [-0.25, -0.2) is 9.97 Å². The van der Waals surface area contributed by atoms with Crippen LogP contribution in [0.4, 0.5) is 5.82 Å². The molecule has 0 aliphatic rings. The summed E-state index contributed by atoms with van der Waals surface area (Å²) in [5, 5.41) is 0. The second-order valence-corrected chi connectivity index (χ2v) is 3.74. The Labute approximate surface area is 106 Å². The number of hydrogen-bond acceptors (Lipinski definition) is 5. The van der Waals surface area contributed by atoms with Crippen molar-refractivity contribution in [3.05, 3.63) is 42.2 Å². The van der Waals surface area contributed by atoms with Crippen molar-refractivity contribution < 1.29 is 9.47 Å². The van der Waals surface area contributed by atoms with Crippen LogP contribution < -0.4 is 10.5 Å². The molecule has 2 N–H and O–H groups in total. The van der Waals surface area contributed by atoms with Crippen LogP contribution in [0.25, 0.3) is 0 Å². The third-order valence-electron chi connectivity index (χ3n) is 2.42. The third-order valence-corrected chi connectivity index (χ3v) is 2.42. The van der Waals surface area contributed by atoms with Gasteiger partial charge in [0, 0.05) is 19.5 Å². The molecule has 18 heavy (non-hydrogen) atoms. The lowest BCUT2D eigenvalue weighted by Gasteiger charge is -2.07. The molecule has 2 rings (SSSR count). The van der Waals surface area contributed by atoms with Gasteiger partial charge in [-0.2, -0.15) is 0 Å². The van der Waals surface area contributed by atoms with Crippen molar-refractivity contribution in [3.8, 4) is 11.6 Å². The van der Waals surface area contributed by atoms with Gasteiger partial charge in [0.05, 0.1) is 6.61 Å². The number of hydrogen-bond donors (Lipinski definition) is 1. The number of benzene rings is 1. The molecule has 1 heterocycles. The van der Waals surface area contributed by atoms with Crippen molar-refractivity contribution in [2.75, 3.05) is 19.5 Å². The van der Waals surface area contributed by atoms with E-state index in [0.717, 1.165) is 6.42 Å². The Hall–Kier alpha value is -2.14. The first-order chi connectivity index (χ1) is 8.79. The number of nitrogen functional groups attached to an aromatic ring is 1. The van der Waals surface area contributed by atoms with Crippen LogP contribution in [0, 0.1) is 0 Å². The van der Waals surface area contributed by atoms with Gasteiger partial charge in [-0.3, -0.25) is 0 Å². The van der Waals surface area contributed by atoms with Crippen LogP contribution in [0.15, 0.2) is 36.7 Å². The molecule has 0 saturated heterocycles. The van der Waals surface area contributed by atoms with E-state index in [0.29, 0.717) is 18.2 Å². The molecule has 0 atom stereocenters. The summed E-state index contributed by atoms with van der Waals surface area (Å²) in [6.45, 7) is 0.706. The summed E-state index contributed by atoms with van der Waals surface area (Å²) in [5.41, 5.74) is 6.84. The van der Waals surface area contributed by atoms with Crippen molar-refractivity contribution in [3.63, 3.8) is 0 Å². The maximum atomic E-state index is 5.65. The zero-order chi connectivity index (χ0) is 12.8. The van der Waals surface area contributed by atoms with E-state index in [2.05, 4.69) is 9.97 Å². The smallest absolute Gasteiger partial charge is 0.262 e. The predicted molar refractivity (Wildman–Crippen MR) is 68.5 cm³/mol. The van der Waals surface area contributed by atoms with E-state index < -0.39 is 0 Å². The fraction of sp³-hybridized carbons (Fsp3) is 0.231. The van der Waals surface area contributed by atoms with Crippen molar-refractivity contribution >= 4 is 5.82 Å². The minimum Gasteiger partial charge on any atom is -0.436 e. The van der Waals surface area contributed by atoms with Crippen LogP contribution in [-0.2, 0) is 11.2 Å². The van der Waals surface area contributed by atoms with E-state index in [4.69, 9.17) is 15.2 Å². The summed E-state index contributed by atoms with van der Waals surface area (Å²) >= 11 is 0. The van der Waals surface area contributed by atoms with Crippen LogP contribution >= 0.6 is 0 Å². The Balaban J connectivity index is 2.04. The molecule has 94 valence electrons. The molecule has 1 aromatic heterocycles. The molecule has 2 aromatic rings. The number of aromatic nitrogens is 2. The molecule has 5 heteroatoms. The minimum atomic E-state index is 0.279. The summed E-state index contributed by atoms with van der Waals surface area (Å²) in [6.07, 6.45) is 3.94. The Morgan fingerprint density at radius 1 is 1.11 bits per heavy atom. The number of methoxy groups -OCH3 is 1. The van der Waals surface area contributed by atoms with Gasteiger partial charge < -0.3 is 15.2 Å². The van der Waals surface area contributed by atoms with E-state index in [1.54, 1.807) is 13.3 Å². The molecule has 0 aliphatic carbocycles. The number of rotatable bonds is 5. The van der Waals surface area contributed by atoms with Gasteiger partial charge in [0.2, 0.25) is 0 Å². The molecule has 0 saturated carbocycles. The number of ether oxygens (including phenoxy) is 2. The summed E-state index contributed by atoms with van der Waals surface area (Å²) in [6, 6.07) is 7.72. The molecule has 0 bridgehead atoms. The standard InChI is InChI=1S/C13H15N3O2/c1-17-9-6-10-2-4-11(5-3-10)18-13-12(14)15-7-8-16-13/h2-5,7-8H,6,9H2,1H3,(H2,14,15). The van der Waals surface area contributed by atoms with Crippen molar-refractivity contribution in [2.45, 2.75) is 6.42 Å². The van der Waals surface area contributed by atoms with Crippen LogP contribution in [0.2, 0.25) is 0 Å². The largest absolute Gasteiger partial charge is 0.436 e. The van der Waals surface area contributed by atoms with Gasteiger partial charge in [-0.1, -0.05) is 12.1 Å². The first-order valence-electron chi connectivity index (χ1n) is 5.62. The molecule has 0 unspecified atom stereocenters. The van der Waals surface area contributed by atoms with E-state index in [1.807, 2.05) is 24.3 Å². The summed E-state index contributed by atoms with van der Waals surface area (Å²) in [4.78, 5) is 7.92. The topological polar surface area (TPSA) is 70.3 Å². The first-order valence-corrected chi connectivity index (χ1v) is 5.62. The summed E-state index contributed by atoms with van der Waals surface area (Å²) in [5.74, 6) is 1.28. The molecule has 0 spiro atoms. The fourth-order valence-corrected chi connectivity index (χ4v) is 1.47. The lowest BCUT2D eigenvalue weighted by Crippen LogP contribution is -1.97. The van der Waals surface area contributed by atoms with E-state index in [9.17, 15) is 0 Å². The van der Waals surface area contributed by atoms with Gasteiger partial charge in [-0.05, 0) is 24.1 Å². The van der Waals surface area contributed by atoms with Gasteiger partial charge in [0.1, 0.15) is 5.75 Å². The van der Waals surface area contributed by atoms with Crippen LogP contribution in [0.3, 0.4) is 0 Å². The van der Waals surface area contributed by atoms with Gasteiger partial charge >= 0.3 is 0 Å². The van der Waals surface area contributed by atoms with Crippen LogP contribution in [0.1, 0.15) is 5.56 Å². The van der Waals surface area contributed by atoms with Gasteiger partial charge in [0.25, 0.3) is 5.88 Å². The highest BCUT2D eigenvalue weighted by molar-refractivity contribution is 5.42. The molecule has 0 amide bonds. The number of anilines is 1. The van der Waals surface area contributed by atoms with Gasteiger partial charge in [0.15, 0.2) is 5.82 Å². The Bertz CT molecular complexity index is 500. The maximum absolute atomic E-state index is 5.65. The average molecular weight is 245 g/mol. The third kappa shape index (κ3) is 3.18. The molecular weight excluding hydrogens is 230 g/mol. The molecule has 1 aromatic carbocycles. The molecule has 0 aliphatic heterocycles. The maximum Gasteiger partial charge on any atom is 0.262 e. The lowest BCUT2D eigenvalue weighted by atomic mass is 10.1. The van der Waals surface area contributed by atoms with Crippen molar-refractivity contribution in [1.82, 2.24) is 9.97 Å². The minimum absolute atomic E-state index is 0.279. The quantitative estimate of drug-likeness (QED) is 0.872. The summed E-state index contributed by atoms with van der Waals surface area (Å²) < 4.78 is 10.6. The molecule has 0 radical (unpaired) electrons. The average Bonchev–Trinajstić information content (AvgIpc) is 2.41. The number of nitrogens with two attached hydrogens (primary N) is 1. The molecule has 0 fully saturated rings. The number of nitrogens with zero attached hydrogens (tertiary/aromatic N) is 2. The Kier molecular flexibility index (Phi) is 4.09.